The molecule has 4 aromatic carbocycles. The molecule has 44 heavy (non-hydrogen) atoms. The molecule has 214 valence electrons. The van der Waals surface area contributed by atoms with Crippen molar-refractivity contribution in [3.8, 4) is 0 Å². The zero-order valence-corrected chi connectivity index (χ0v) is 24.2. The van der Waals surface area contributed by atoms with E-state index in [0.29, 0.717) is 13.1 Å². The summed E-state index contributed by atoms with van der Waals surface area (Å²) < 4.78 is 0. The van der Waals surface area contributed by atoms with Crippen LogP contribution in [0.3, 0.4) is 0 Å². The number of allylic oxidation sites excluding steroid dienone is 10. The van der Waals surface area contributed by atoms with Crippen molar-refractivity contribution in [1.82, 2.24) is 0 Å². The molecule has 4 nitrogen and oxygen atoms in total. The maximum absolute atomic E-state index is 11.2. The fourth-order valence-corrected chi connectivity index (χ4v) is 5.35. The van der Waals surface area contributed by atoms with Gasteiger partial charge in [0.15, 0.2) is 0 Å². The molecular weight excluding hydrogens is 540 g/mol. The van der Waals surface area contributed by atoms with Gasteiger partial charge in [-0.3, -0.25) is 9.98 Å². The highest BCUT2D eigenvalue weighted by Gasteiger charge is 2.21. The first-order chi connectivity index (χ1) is 21.7. The molecule has 0 radical (unpaired) electrons. The van der Waals surface area contributed by atoms with Gasteiger partial charge in [0.25, 0.3) is 0 Å². The number of rotatable bonds is 9. The zero-order valence-electron chi connectivity index (χ0n) is 24.2. The van der Waals surface area contributed by atoms with Crippen molar-refractivity contribution < 1.29 is 10.2 Å². The standard InChI is InChI=1S/C40H32N2O2/c43-39(31-19-9-3-10-20-31)35-25-13-23-33(35)37(29-15-5-1-6-16-29)41-27-28-42-38(30-17-7-2-8-18-30)34-24-14-26-36(34)40(44)32-21-11-4-12-22-32/h1-26,43-44H,27-28H2/b39-35-,40-36-,41-37+,42-38+. The van der Waals surface area contributed by atoms with Gasteiger partial charge in [0, 0.05) is 44.5 Å². The Morgan fingerprint density at radius 3 is 1.09 bits per heavy atom. The van der Waals surface area contributed by atoms with Crippen LogP contribution in [0.15, 0.2) is 190 Å². The normalized spacial score (nSPS) is 17.0. The molecule has 0 fully saturated rings. The molecule has 0 heterocycles. The summed E-state index contributed by atoms with van der Waals surface area (Å²) >= 11 is 0. The second-order valence-electron chi connectivity index (χ2n) is 10.3. The molecule has 2 N–H and O–H groups in total. The van der Waals surface area contributed by atoms with Crippen LogP contribution in [-0.4, -0.2) is 34.7 Å². The molecule has 6 rings (SSSR count). The molecule has 0 amide bonds. The van der Waals surface area contributed by atoms with E-state index in [4.69, 9.17) is 9.98 Å². The fourth-order valence-electron chi connectivity index (χ4n) is 5.35. The van der Waals surface area contributed by atoms with Gasteiger partial charge >= 0.3 is 0 Å². The Morgan fingerprint density at radius 2 is 0.750 bits per heavy atom. The molecule has 4 heteroatoms. The number of aliphatic imine (C=N–C) groups is 2. The van der Waals surface area contributed by atoms with Crippen molar-refractivity contribution in [2.75, 3.05) is 13.1 Å². The van der Waals surface area contributed by atoms with Crippen LogP contribution in [0.4, 0.5) is 0 Å². The van der Waals surface area contributed by atoms with Gasteiger partial charge in [0.2, 0.25) is 0 Å². The summed E-state index contributed by atoms with van der Waals surface area (Å²) in [5, 5.41) is 22.4. The number of hydrogen-bond acceptors (Lipinski definition) is 4. The molecule has 0 spiro atoms. The smallest absolute Gasteiger partial charge is 0.130 e. The lowest BCUT2D eigenvalue weighted by Crippen LogP contribution is -2.11. The van der Waals surface area contributed by atoms with Gasteiger partial charge in [-0.2, -0.15) is 0 Å². The van der Waals surface area contributed by atoms with Crippen LogP contribution < -0.4 is 0 Å². The van der Waals surface area contributed by atoms with E-state index in [1.54, 1.807) is 0 Å². The quantitative estimate of drug-likeness (QED) is 0.119. The highest BCUT2D eigenvalue weighted by molar-refractivity contribution is 6.18. The van der Waals surface area contributed by atoms with E-state index in [1.165, 1.54) is 0 Å². The number of nitrogens with zero attached hydrogens (tertiary/aromatic N) is 2. The van der Waals surface area contributed by atoms with E-state index in [2.05, 4.69) is 0 Å². The second-order valence-corrected chi connectivity index (χ2v) is 10.3. The fraction of sp³-hybridized carbons (Fsp3) is 0.0500. The van der Waals surface area contributed by atoms with Crippen LogP contribution in [0.5, 0.6) is 0 Å². The molecule has 0 saturated carbocycles. The highest BCUT2D eigenvalue weighted by Crippen LogP contribution is 2.31. The van der Waals surface area contributed by atoms with Gasteiger partial charge in [-0.25, -0.2) is 0 Å². The minimum absolute atomic E-state index is 0.219. The van der Waals surface area contributed by atoms with E-state index in [9.17, 15) is 10.2 Å². The number of aliphatic hydroxyl groups excluding tert-OH is 2. The van der Waals surface area contributed by atoms with Gasteiger partial charge in [0.05, 0.1) is 24.5 Å². The number of hydrogen-bond donors (Lipinski definition) is 2. The molecule has 2 aliphatic rings. The van der Waals surface area contributed by atoms with Crippen LogP contribution in [0.2, 0.25) is 0 Å². The summed E-state index contributed by atoms with van der Waals surface area (Å²) in [6, 6.07) is 39.2. The summed E-state index contributed by atoms with van der Waals surface area (Å²) in [4.78, 5) is 10.1. The van der Waals surface area contributed by atoms with Gasteiger partial charge in [0.1, 0.15) is 11.5 Å². The third-order valence-corrected chi connectivity index (χ3v) is 7.48. The van der Waals surface area contributed by atoms with Crippen molar-refractivity contribution in [3.05, 3.63) is 202 Å². The highest BCUT2D eigenvalue weighted by atomic mass is 16.3. The Hall–Kier alpha value is -5.74. The Labute approximate surface area is 258 Å². The first-order valence-corrected chi connectivity index (χ1v) is 14.7. The van der Waals surface area contributed by atoms with Crippen LogP contribution in [0.1, 0.15) is 22.3 Å². The summed E-state index contributed by atoms with van der Waals surface area (Å²) in [6.45, 7) is 0.864. The first kappa shape index (κ1) is 28.4. The van der Waals surface area contributed by atoms with Crippen molar-refractivity contribution in [2.45, 2.75) is 0 Å². The average Bonchev–Trinajstić information content (AvgIpc) is 3.78. The predicted molar refractivity (Wildman–Crippen MR) is 182 cm³/mol. The van der Waals surface area contributed by atoms with Crippen LogP contribution in [-0.2, 0) is 0 Å². The number of benzene rings is 4. The molecule has 0 aromatic heterocycles. The second kappa shape index (κ2) is 13.5. The molecule has 0 unspecified atom stereocenters. The lowest BCUT2D eigenvalue weighted by Gasteiger charge is -2.14. The Morgan fingerprint density at radius 1 is 0.432 bits per heavy atom. The largest absolute Gasteiger partial charge is 0.507 e. The van der Waals surface area contributed by atoms with E-state index < -0.39 is 0 Å². The van der Waals surface area contributed by atoms with E-state index >= 15 is 0 Å². The molecule has 4 aromatic rings. The van der Waals surface area contributed by atoms with E-state index in [0.717, 1.165) is 56.0 Å². The molecule has 0 saturated heterocycles. The van der Waals surface area contributed by atoms with Crippen molar-refractivity contribution in [2.24, 2.45) is 9.98 Å². The van der Waals surface area contributed by atoms with Crippen LogP contribution >= 0.6 is 0 Å². The third kappa shape index (κ3) is 6.20. The maximum atomic E-state index is 11.2. The lowest BCUT2D eigenvalue weighted by atomic mass is 9.95. The van der Waals surface area contributed by atoms with E-state index in [1.807, 2.05) is 158 Å². The summed E-state index contributed by atoms with van der Waals surface area (Å²) in [5.74, 6) is 0.439. The van der Waals surface area contributed by atoms with Crippen molar-refractivity contribution in [1.29, 1.82) is 0 Å². The summed E-state index contributed by atoms with van der Waals surface area (Å²) in [7, 11) is 0. The first-order valence-electron chi connectivity index (χ1n) is 14.7. The minimum atomic E-state index is 0.219. The van der Waals surface area contributed by atoms with Gasteiger partial charge in [-0.05, 0) is 0 Å². The molecule has 0 aliphatic heterocycles. The topological polar surface area (TPSA) is 65.2 Å². The van der Waals surface area contributed by atoms with Crippen LogP contribution in [0, 0.1) is 0 Å². The van der Waals surface area contributed by atoms with Gasteiger partial charge < -0.3 is 10.2 Å². The maximum Gasteiger partial charge on any atom is 0.130 e. The van der Waals surface area contributed by atoms with Crippen molar-refractivity contribution in [3.63, 3.8) is 0 Å². The number of aliphatic hydroxyl groups is 2. The monoisotopic (exact) mass is 572 g/mol. The predicted octanol–water partition coefficient (Wildman–Crippen LogP) is 8.90. The average molecular weight is 573 g/mol. The zero-order chi connectivity index (χ0) is 30.1. The Balaban J connectivity index is 1.34. The van der Waals surface area contributed by atoms with E-state index in [-0.39, 0.29) is 11.5 Å². The van der Waals surface area contributed by atoms with Crippen molar-refractivity contribution >= 4 is 22.9 Å². The molecule has 0 bridgehead atoms. The Bertz CT molecular complexity index is 1730. The molecular formula is C40H32N2O2. The Kier molecular flexibility index (Phi) is 8.70. The molecule has 2 aliphatic carbocycles. The lowest BCUT2D eigenvalue weighted by molar-refractivity contribution is 0.508. The molecule has 0 atom stereocenters. The summed E-state index contributed by atoms with van der Waals surface area (Å²) in [6.07, 6.45) is 11.7. The third-order valence-electron chi connectivity index (χ3n) is 7.48. The summed E-state index contributed by atoms with van der Waals surface area (Å²) in [5.41, 5.74) is 8.25. The SMILES string of the molecule is O/C(=C1/C=CC=C1/C(=N/CC/N=C(/C1=CC=C/C1=C(/O)c1ccccc1)c1ccccc1)c1ccccc1)c1ccccc1. The van der Waals surface area contributed by atoms with Gasteiger partial charge in [-0.15, -0.1) is 0 Å². The van der Waals surface area contributed by atoms with Crippen LogP contribution in [0.25, 0.3) is 11.5 Å². The van der Waals surface area contributed by atoms with Gasteiger partial charge in [-0.1, -0.05) is 158 Å². The minimum Gasteiger partial charge on any atom is -0.507 e.